The number of hydrogen-bond acceptors (Lipinski definition) is 8. The van der Waals surface area contributed by atoms with Gasteiger partial charge in [0.15, 0.2) is 5.76 Å². The first-order valence-corrected chi connectivity index (χ1v) is 14.3. The summed E-state index contributed by atoms with van der Waals surface area (Å²) in [5.41, 5.74) is 4.24. The zero-order valence-corrected chi connectivity index (χ0v) is 24.8. The van der Waals surface area contributed by atoms with E-state index in [2.05, 4.69) is 30.7 Å². The zero-order valence-electron chi connectivity index (χ0n) is 24.8. The molecule has 0 saturated carbocycles. The van der Waals surface area contributed by atoms with E-state index < -0.39 is 17.6 Å². The maximum absolute atomic E-state index is 14.0. The Bertz CT molecular complexity index is 1870. The molecular weight excluding hydrogens is 583 g/mol. The molecule has 1 unspecified atom stereocenters. The summed E-state index contributed by atoms with van der Waals surface area (Å²) >= 11 is 0. The smallest absolute Gasteiger partial charge is 0.356 e. The molecule has 0 radical (unpaired) electrons. The number of anilines is 3. The minimum absolute atomic E-state index is 0.0740. The lowest BCUT2D eigenvalue weighted by Gasteiger charge is -2.19. The van der Waals surface area contributed by atoms with E-state index in [0.29, 0.717) is 30.1 Å². The number of alkyl halides is 3. The third-order valence-electron chi connectivity index (χ3n) is 7.89. The lowest BCUT2D eigenvalue weighted by Crippen LogP contribution is -2.18. The van der Waals surface area contributed by atoms with Crippen LogP contribution in [0.5, 0.6) is 0 Å². The van der Waals surface area contributed by atoms with E-state index in [0.717, 1.165) is 34.9 Å². The summed E-state index contributed by atoms with van der Waals surface area (Å²) in [6.45, 7) is 5.06. The van der Waals surface area contributed by atoms with Gasteiger partial charge in [0.1, 0.15) is 0 Å². The number of nitrogens with one attached hydrogen (secondary N) is 2. The fourth-order valence-corrected chi connectivity index (χ4v) is 5.50. The standard InChI is InChI=1S/C33H30F3N7O2/c1-19-4-5-21(31(44)40-25-6-7-26(22-9-11-43(3)18-22)27(14-25)33(34,35)36)13-29(19)42-32-38-10-8-28(41-32)23-12-24(17-37-16-23)30-20(2)15-39-45-30/h4-8,10,12-17,22H,9,11,18H2,1-3H3,(H,40,44)(H,38,41,42). The normalized spacial score (nSPS) is 15.3. The van der Waals surface area contributed by atoms with Crippen molar-refractivity contribution in [2.75, 3.05) is 30.8 Å². The van der Waals surface area contributed by atoms with Crippen LogP contribution in [0.1, 0.15) is 45.0 Å². The summed E-state index contributed by atoms with van der Waals surface area (Å²) in [5.74, 6) is 0.160. The summed E-state index contributed by atoms with van der Waals surface area (Å²) in [7, 11) is 1.90. The van der Waals surface area contributed by atoms with E-state index in [1.807, 2.05) is 31.9 Å². The number of hydrogen-bond donors (Lipinski definition) is 2. The van der Waals surface area contributed by atoms with Crippen LogP contribution in [0, 0.1) is 13.8 Å². The Hall–Kier alpha value is -5.10. The van der Waals surface area contributed by atoms with Crippen LogP contribution in [-0.2, 0) is 6.18 Å². The molecule has 1 atom stereocenters. The van der Waals surface area contributed by atoms with Gasteiger partial charge in [0.2, 0.25) is 5.95 Å². The van der Waals surface area contributed by atoms with Gasteiger partial charge in [-0.1, -0.05) is 17.3 Å². The molecule has 1 fully saturated rings. The van der Waals surface area contributed by atoms with E-state index in [4.69, 9.17) is 4.52 Å². The molecule has 9 nitrogen and oxygen atoms in total. The van der Waals surface area contributed by atoms with Gasteiger partial charge >= 0.3 is 6.18 Å². The zero-order chi connectivity index (χ0) is 31.7. The quantitative estimate of drug-likeness (QED) is 0.198. The number of amides is 1. The second-order valence-electron chi connectivity index (χ2n) is 11.2. The molecule has 1 aliphatic rings. The summed E-state index contributed by atoms with van der Waals surface area (Å²) in [5, 5.41) is 9.62. The van der Waals surface area contributed by atoms with Crippen molar-refractivity contribution < 1.29 is 22.5 Å². The predicted octanol–water partition coefficient (Wildman–Crippen LogP) is 7.24. The molecule has 0 spiro atoms. The Balaban J connectivity index is 1.21. The number of aryl methyl sites for hydroxylation is 2. The molecule has 1 saturated heterocycles. The summed E-state index contributed by atoms with van der Waals surface area (Å²) in [6, 6.07) is 12.6. The number of aromatic nitrogens is 4. The molecule has 45 heavy (non-hydrogen) atoms. The molecule has 4 heterocycles. The molecule has 3 aromatic heterocycles. The van der Waals surface area contributed by atoms with Gasteiger partial charge in [-0.3, -0.25) is 9.78 Å². The average molecular weight is 614 g/mol. The van der Waals surface area contributed by atoms with Crippen LogP contribution in [0.15, 0.2) is 77.8 Å². The number of nitrogens with zero attached hydrogens (tertiary/aromatic N) is 5. The highest BCUT2D eigenvalue weighted by Gasteiger charge is 2.37. The number of benzene rings is 2. The Morgan fingerprint density at radius 1 is 1.00 bits per heavy atom. The van der Waals surface area contributed by atoms with Gasteiger partial charge in [-0.15, -0.1) is 0 Å². The number of pyridine rings is 1. The molecule has 230 valence electrons. The molecule has 1 amide bonds. The first-order chi connectivity index (χ1) is 21.5. The topological polar surface area (TPSA) is 109 Å². The fourth-order valence-electron chi connectivity index (χ4n) is 5.50. The van der Waals surface area contributed by atoms with Crippen LogP contribution >= 0.6 is 0 Å². The van der Waals surface area contributed by atoms with E-state index in [1.165, 1.54) is 12.1 Å². The van der Waals surface area contributed by atoms with Crippen molar-refractivity contribution in [3.05, 3.63) is 101 Å². The molecule has 5 aromatic rings. The predicted molar refractivity (Wildman–Crippen MR) is 164 cm³/mol. The van der Waals surface area contributed by atoms with Crippen molar-refractivity contribution in [2.24, 2.45) is 0 Å². The third kappa shape index (κ3) is 6.55. The van der Waals surface area contributed by atoms with Crippen LogP contribution < -0.4 is 10.6 Å². The van der Waals surface area contributed by atoms with Crippen molar-refractivity contribution in [1.29, 1.82) is 0 Å². The number of rotatable bonds is 7. The molecule has 0 bridgehead atoms. The lowest BCUT2D eigenvalue weighted by molar-refractivity contribution is -0.138. The second-order valence-corrected chi connectivity index (χ2v) is 11.2. The lowest BCUT2D eigenvalue weighted by atomic mass is 9.92. The number of halogens is 3. The Morgan fingerprint density at radius 3 is 2.56 bits per heavy atom. The Labute approximate surface area is 257 Å². The average Bonchev–Trinajstić information content (AvgIpc) is 3.66. The van der Waals surface area contributed by atoms with E-state index in [-0.39, 0.29) is 28.7 Å². The van der Waals surface area contributed by atoms with Crippen molar-refractivity contribution in [2.45, 2.75) is 32.4 Å². The van der Waals surface area contributed by atoms with E-state index in [9.17, 15) is 18.0 Å². The SMILES string of the molecule is Cc1ccc(C(=O)Nc2ccc(C3CCN(C)C3)c(C(F)(F)F)c2)cc1Nc1nccc(-c2cncc(-c3oncc3C)c2)n1. The van der Waals surface area contributed by atoms with Gasteiger partial charge in [-0.25, -0.2) is 9.97 Å². The molecule has 2 aromatic carbocycles. The molecule has 2 N–H and O–H groups in total. The molecule has 1 aliphatic heterocycles. The molecule has 0 aliphatic carbocycles. The van der Waals surface area contributed by atoms with E-state index >= 15 is 0 Å². The molecular formula is C33H30F3N7O2. The minimum atomic E-state index is -4.54. The van der Waals surface area contributed by atoms with E-state index in [1.54, 1.807) is 49.1 Å². The monoisotopic (exact) mass is 613 g/mol. The first kappa shape index (κ1) is 29.9. The Morgan fingerprint density at radius 2 is 1.82 bits per heavy atom. The molecule has 12 heteroatoms. The van der Waals surface area contributed by atoms with Crippen molar-refractivity contribution in [3.63, 3.8) is 0 Å². The van der Waals surface area contributed by atoms with Crippen molar-refractivity contribution in [1.82, 2.24) is 25.0 Å². The summed E-state index contributed by atoms with van der Waals surface area (Å²) in [6.07, 6.45) is 2.72. The number of likely N-dealkylation sites (tertiary alicyclic amines) is 1. The van der Waals surface area contributed by atoms with Crippen LogP contribution in [0.4, 0.5) is 30.5 Å². The maximum atomic E-state index is 14.0. The van der Waals surface area contributed by atoms with Crippen LogP contribution in [-0.4, -0.2) is 51.1 Å². The van der Waals surface area contributed by atoms with Gasteiger partial charge < -0.3 is 20.1 Å². The van der Waals surface area contributed by atoms with Gasteiger partial charge in [-0.05, 0) is 87.3 Å². The van der Waals surface area contributed by atoms with Gasteiger partial charge in [-0.2, -0.15) is 13.2 Å². The first-order valence-electron chi connectivity index (χ1n) is 14.3. The summed E-state index contributed by atoms with van der Waals surface area (Å²) in [4.78, 5) is 28.5. The fraction of sp³-hybridized carbons (Fsp3) is 0.242. The number of carbonyl (C=O) groups is 1. The number of likely N-dealkylation sites (N-methyl/N-ethyl adjacent to an activating group) is 1. The second kappa shape index (κ2) is 12.1. The maximum Gasteiger partial charge on any atom is 0.416 e. The third-order valence-corrected chi connectivity index (χ3v) is 7.89. The highest BCUT2D eigenvalue weighted by Crippen LogP contribution is 2.39. The van der Waals surface area contributed by atoms with Gasteiger partial charge in [0, 0.05) is 58.8 Å². The van der Waals surface area contributed by atoms with Gasteiger partial charge in [0.05, 0.1) is 17.5 Å². The van der Waals surface area contributed by atoms with Crippen LogP contribution in [0.25, 0.3) is 22.6 Å². The Kier molecular flexibility index (Phi) is 8.07. The number of carbonyl (C=O) groups excluding carboxylic acids is 1. The largest absolute Gasteiger partial charge is 0.416 e. The van der Waals surface area contributed by atoms with Crippen LogP contribution in [0.2, 0.25) is 0 Å². The highest BCUT2D eigenvalue weighted by molar-refractivity contribution is 6.05. The molecule has 6 rings (SSSR count). The van der Waals surface area contributed by atoms with Crippen LogP contribution in [0.3, 0.4) is 0 Å². The van der Waals surface area contributed by atoms with Crippen molar-refractivity contribution >= 4 is 23.2 Å². The van der Waals surface area contributed by atoms with Crippen molar-refractivity contribution in [3.8, 4) is 22.6 Å². The van der Waals surface area contributed by atoms with Gasteiger partial charge in [0.25, 0.3) is 5.91 Å². The minimum Gasteiger partial charge on any atom is -0.356 e. The highest BCUT2D eigenvalue weighted by atomic mass is 19.4. The summed E-state index contributed by atoms with van der Waals surface area (Å²) < 4.78 is 47.4.